The van der Waals surface area contributed by atoms with E-state index >= 15 is 0 Å². The van der Waals surface area contributed by atoms with Crippen LogP contribution in [0.25, 0.3) is 0 Å². The van der Waals surface area contributed by atoms with Gasteiger partial charge in [0.15, 0.2) is 0 Å². The molecule has 4 amide bonds. The van der Waals surface area contributed by atoms with E-state index in [0.29, 0.717) is 29.0 Å². The van der Waals surface area contributed by atoms with Crippen LogP contribution < -0.4 is 16.0 Å². The minimum Gasteiger partial charge on any atom is -0.316 e. The van der Waals surface area contributed by atoms with Gasteiger partial charge in [-0.2, -0.15) is 0 Å². The van der Waals surface area contributed by atoms with Gasteiger partial charge in [-0.3, -0.25) is 29.4 Å². The van der Waals surface area contributed by atoms with Crippen molar-refractivity contribution >= 4 is 23.6 Å². The summed E-state index contributed by atoms with van der Waals surface area (Å²) in [6, 6.07) is 4.30. The number of benzene rings is 1. The molecule has 8 heteroatoms. The summed E-state index contributed by atoms with van der Waals surface area (Å²) in [4.78, 5) is 50.2. The maximum absolute atomic E-state index is 12.9. The van der Waals surface area contributed by atoms with Crippen molar-refractivity contribution in [3.63, 3.8) is 0 Å². The predicted octanol–water partition coefficient (Wildman–Crippen LogP) is 0.813. The normalized spacial score (nSPS) is 26.0. The smallest absolute Gasteiger partial charge is 0.262 e. The molecule has 2 fully saturated rings. The molecule has 0 spiro atoms. The van der Waals surface area contributed by atoms with E-state index < -0.39 is 23.8 Å². The Balaban J connectivity index is 1.41. The number of piperidine rings is 2. The van der Waals surface area contributed by atoms with E-state index in [2.05, 4.69) is 29.8 Å². The quantitative estimate of drug-likeness (QED) is 0.618. The molecule has 0 bridgehead atoms. The molecule has 0 aromatic heterocycles. The fourth-order valence-electron chi connectivity index (χ4n) is 4.73. The van der Waals surface area contributed by atoms with Gasteiger partial charge in [-0.15, -0.1) is 0 Å². The van der Waals surface area contributed by atoms with E-state index in [4.69, 9.17) is 0 Å². The highest BCUT2D eigenvalue weighted by atomic mass is 16.2. The van der Waals surface area contributed by atoms with Gasteiger partial charge >= 0.3 is 0 Å². The molecule has 3 aliphatic heterocycles. The summed E-state index contributed by atoms with van der Waals surface area (Å²) in [6.07, 6.45) is 1.44. The molecule has 0 saturated carbocycles. The predicted molar refractivity (Wildman–Crippen MR) is 110 cm³/mol. The summed E-state index contributed by atoms with van der Waals surface area (Å²) < 4.78 is 0. The molecule has 0 aliphatic carbocycles. The lowest BCUT2D eigenvalue weighted by Gasteiger charge is -2.36. The SMILES string of the molecule is CC1(C)CNCC(CNCc2ccc3c(c2)C(=O)N(C2CCC(=O)NC2=O)C3=O)C1. The number of carbonyl (C=O) groups is 4. The van der Waals surface area contributed by atoms with Crippen molar-refractivity contribution in [2.45, 2.75) is 45.7 Å². The Morgan fingerprint density at radius 2 is 1.90 bits per heavy atom. The number of nitrogens with zero attached hydrogens (tertiary/aromatic N) is 1. The van der Waals surface area contributed by atoms with Gasteiger partial charge in [0.05, 0.1) is 11.1 Å². The molecule has 3 aliphatic rings. The summed E-state index contributed by atoms with van der Waals surface area (Å²) in [5.74, 6) is -1.36. The van der Waals surface area contributed by atoms with Gasteiger partial charge in [-0.1, -0.05) is 19.9 Å². The first kappa shape index (κ1) is 20.7. The highest BCUT2D eigenvalue weighted by Crippen LogP contribution is 2.29. The average molecular weight is 412 g/mol. The Bertz CT molecular complexity index is 910. The van der Waals surface area contributed by atoms with Crippen molar-refractivity contribution in [3.05, 3.63) is 34.9 Å². The van der Waals surface area contributed by atoms with Crippen LogP contribution in [0.1, 0.15) is 59.4 Å². The Labute approximate surface area is 175 Å². The number of carbonyl (C=O) groups excluding carboxylic acids is 4. The number of imide groups is 2. The first-order valence-electron chi connectivity index (χ1n) is 10.5. The van der Waals surface area contributed by atoms with Crippen molar-refractivity contribution in [2.24, 2.45) is 11.3 Å². The number of hydrogen-bond acceptors (Lipinski definition) is 6. The lowest BCUT2D eigenvalue weighted by Crippen LogP contribution is -2.54. The number of hydrogen-bond donors (Lipinski definition) is 3. The first-order valence-corrected chi connectivity index (χ1v) is 10.5. The zero-order valence-corrected chi connectivity index (χ0v) is 17.4. The molecule has 4 rings (SSSR count). The van der Waals surface area contributed by atoms with Crippen molar-refractivity contribution < 1.29 is 19.2 Å². The van der Waals surface area contributed by atoms with Gasteiger partial charge in [0, 0.05) is 19.5 Å². The minimum atomic E-state index is -0.932. The summed E-state index contributed by atoms with van der Waals surface area (Å²) in [6.45, 7) is 8.04. The maximum atomic E-state index is 12.9. The monoisotopic (exact) mass is 412 g/mol. The topological polar surface area (TPSA) is 108 Å². The largest absolute Gasteiger partial charge is 0.316 e. The number of rotatable bonds is 5. The number of nitrogens with one attached hydrogen (secondary N) is 3. The standard InChI is InChI=1S/C22H28N4O4/c1-22(2)8-14(11-24-12-22)10-23-9-13-3-4-15-16(7-13)21(30)26(20(15)29)17-5-6-18(27)25-19(17)28/h3-4,7,14,17,23-24H,5-6,8-12H2,1-2H3,(H,25,27,28). The third-order valence-electron chi connectivity index (χ3n) is 6.14. The summed E-state index contributed by atoms with van der Waals surface area (Å²) >= 11 is 0. The second-order valence-electron chi connectivity index (χ2n) is 9.32. The van der Waals surface area contributed by atoms with Crippen LogP contribution in [0.4, 0.5) is 0 Å². The third kappa shape index (κ3) is 4.02. The van der Waals surface area contributed by atoms with Gasteiger partial charge in [-0.25, -0.2) is 0 Å². The van der Waals surface area contributed by atoms with E-state index in [0.717, 1.165) is 36.5 Å². The van der Waals surface area contributed by atoms with Crippen molar-refractivity contribution in [2.75, 3.05) is 19.6 Å². The molecule has 1 aromatic rings. The van der Waals surface area contributed by atoms with E-state index in [-0.39, 0.29) is 18.7 Å². The highest BCUT2D eigenvalue weighted by molar-refractivity contribution is 6.23. The van der Waals surface area contributed by atoms with Crippen molar-refractivity contribution in [1.82, 2.24) is 20.9 Å². The molecule has 3 N–H and O–H groups in total. The van der Waals surface area contributed by atoms with Crippen LogP contribution in [0, 0.1) is 11.3 Å². The van der Waals surface area contributed by atoms with Crippen molar-refractivity contribution in [3.8, 4) is 0 Å². The highest BCUT2D eigenvalue weighted by Gasteiger charge is 2.44. The second kappa shape index (κ2) is 7.92. The summed E-state index contributed by atoms with van der Waals surface area (Å²) in [7, 11) is 0. The fourth-order valence-corrected chi connectivity index (χ4v) is 4.73. The van der Waals surface area contributed by atoms with Crippen LogP contribution in [0.3, 0.4) is 0 Å². The van der Waals surface area contributed by atoms with Crippen LogP contribution in [0.15, 0.2) is 18.2 Å². The number of fused-ring (bicyclic) bond motifs is 1. The molecular weight excluding hydrogens is 384 g/mol. The lowest BCUT2D eigenvalue weighted by atomic mass is 9.79. The van der Waals surface area contributed by atoms with E-state index in [1.54, 1.807) is 12.1 Å². The summed E-state index contributed by atoms with van der Waals surface area (Å²) in [5, 5.41) is 9.15. The Hall–Kier alpha value is -2.58. The molecule has 160 valence electrons. The second-order valence-corrected chi connectivity index (χ2v) is 9.32. The van der Waals surface area contributed by atoms with E-state index in [1.165, 1.54) is 0 Å². The number of amides is 4. The molecule has 0 radical (unpaired) electrons. The van der Waals surface area contributed by atoms with Gasteiger partial charge in [0.2, 0.25) is 11.8 Å². The molecule has 2 atom stereocenters. The maximum Gasteiger partial charge on any atom is 0.262 e. The zero-order chi connectivity index (χ0) is 21.5. The minimum absolute atomic E-state index is 0.117. The Morgan fingerprint density at radius 1 is 1.13 bits per heavy atom. The van der Waals surface area contributed by atoms with Crippen LogP contribution in [-0.4, -0.2) is 54.2 Å². The molecule has 2 unspecified atom stereocenters. The fraction of sp³-hybridized carbons (Fsp3) is 0.545. The third-order valence-corrected chi connectivity index (χ3v) is 6.14. The molecule has 30 heavy (non-hydrogen) atoms. The molecular formula is C22H28N4O4. The van der Waals surface area contributed by atoms with Crippen LogP contribution in [0.5, 0.6) is 0 Å². The lowest BCUT2D eigenvalue weighted by molar-refractivity contribution is -0.136. The van der Waals surface area contributed by atoms with Crippen molar-refractivity contribution in [1.29, 1.82) is 0 Å². The first-order chi connectivity index (χ1) is 14.2. The Kier molecular flexibility index (Phi) is 5.46. The molecule has 1 aromatic carbocycles. The van der Waals surface area contributed by atoms with Crippen LogP contribution >= 0.6 is 0 Å². The van der Waals surface area contributed by atoms with Gasteiger partial charge in [0.1, 0.15) is 6.04 Å². The molecule has 8 nitrogen and oxygen atoms in total. The van der Waals surface area contributed by atoms with Gasteiger partial charge < -0.3 is 10.6 Å². The van der Waals surface area contributed by atoms with Gasteiger partial charge in [-0.05, 0) is 55.0 Å². The van der Waals surface area contributed by atoms with Crippen LogP contribution in [0.2, 0.25) is 0 Å². The molecule has 3 heterocycles. The Morgan fingerprint density at radius 3 is 2.63 bits per heavy atom. The molecule has 2 saturated heterocycles. The van der Waals surface area contributed by atoms with E-state index in [9.17, 15) is 19.2 Å². The summed E-state index contributed by atoms with van der Waals surface area (Å²) in [5.41, 5.74) is 1.85. The van der Waals surface area contributed by atoms with E-state index in [1.807, 2.05) is 6.07 Å². The van der Waals surface area contributed by atoms with Crippen LogP contribution in [-0.2, 0) is 16.1 Å². The van der Waals surface area contributed by atoms with Gasteiger partial charge in [0.25, 0.3) is 11.8 Å². The zero-order valence-electron chi connectivity index (χ0n) is 17.4. The average Bonchev–Trinajstić information content (AvgIpc) is 2.92.